The standard InChI is InChI=1S/C16H16F2N2OS/c17-13-5-1-4-12(15(13)18)16(21)20-7-2-3-11(10-20)9-14-19-6-8-22-14/h1,4-6,8,11H,2-3,7,9-10H2/t11-/m0/s1. The third kappa shape index (κ3) is 3.16. The van der Waals surface area contributed by atoms with E-state index in [4.69, 9.17) is 0 Å². The van der Waals surface area contributed by atoms with Crippen molar-refractivity contribution in [3.63, 3.8) is 0 Å². The van der Waals surface area contributed by atoms with Gasteiger partial charge in [-0.3, -0.25) is 4.79 Å². The van der Waals surface area contributed by atoms with Crippen LogP contribution in [0.5, 0.6) is 0 Å². The molecule has 0 aliphatic carbocycles. The van der Waals surface area contributed by atoms with Crippen molar-refractivity contribution in [2.45, 2.75) is 19.3 Å². The molecule has 6 heteroatoms. The molecule has 1 amide bonds. The largest absolute Gasteiger partial charge is 0.338 e. The smallest absolute Gasteiger partial charge is 0.256 e. The van der Waals surface area contributed by atoms with Gasteiger partial charge in [-0.2, -0.15) is 0 Å². The van der Waals surface area contributed by atoms with Crippen molar-refractivity contribution in [2.75, 3.05) is 13.1 Å². The summed E-state index contributed by atoms with van der Waals surface area (Å²) in [5.41, 5.74) is -0.185. The molecule has 0 saturated carbocycles. The maximum absolute atomic E-state index is 13.8. The summed E-state index contributed by atoms with van der Waals surface area (Å²) in [6.45, 7) is 1.15. The average molecular weight is 322 g/mol. The molecule has 2 heterocycles. The molecular formula is C16H16F2N2OS. The third-order valence-corrected chi connectivity index (χ3v) is 4.74. The number of rotatable bonds is 3. The minimum Gasteiger partial charge on any atom is -0.338 e. The summed E-state index contributed by atoms with van der Waals surface area (Å²) < 4.78 is 27.1. The maximum Gasteiger partial charge on any atom is 0.256 e. The second-order valence-electron chi connectivity index (χ2n) is 5.49. The van der Waals surface area contributed by atoms with Gasteiger partial charge in [0.25, 0.3) is 5.91 Å². The summed E-state index contributed by atoms with van der Waals surface area (Å²) in [7, 11) is 0. The van der Waals surface area contributed by atoms with Gasteiger partial charge in [0.1, 0.15) is 0 Å². The van der Waals surface area contributed by atoms with Crippen molar-refractivity contribution in [1.82, 2.24) is 9.88 Å². The van der Waals surface area contributed by atoms with E-state index in [0.717, 1.165) is 30.3 Å². The highest BCUT2D eigenvalue weighted by Gasteiger charge is 2.27. The summed E-state index contributed by atoms with van der Waals surface area (Å²) in [6, 6.07) is 3.72. The lowest BCUT2D eigenvalue weighted by Crippen LogP contribution is -2.40. The number of carbonyl (C=O) groups is 1. The molecule has 0 radical (unpaired) electrons. The molecule has 3 nitrogen and oxygen atoms in total. The molecule has 0 unspecified atom stereocenters. The maximum atomic E-state index is 13.8. The van der Waals surface area contributed by atoms with Gasteiger partial charge >= 0.3 is 0 Å². The first-order valence-electron chi connectivity index (χ1n) is 7.27. The van der Waals surface area contributed by atoms with E-state index in [1.54, 1.807) is 22.4 Å². The van der Waals surface area contributed by atoms with E-state index < -0.39 is 17.5 Å². The van der Waals surface area contributed by atoms with Gasteiger partial charge in [0.05, 0.1) is 10.6 Å². The number of thiazole rings is 1. The van der Waals surface area contributed by atoms with Gasteiger partial charge in [-0.05, 0) is 30.9 Å². The fraction of sp³-hybridized carbons (Fsp3) is 0.375. The first-order chi connectivity index (χ1) is 10.6. The molecule has 22 heavy (non-hydrogen) atoms. The minimum absolute atomic E-state index is 0.185. The molecule has 0 N–H and O–H groups in total. The highest BCUT2D eigenvalue weighted by molar-refractivity contribution is 7.09. The van der Waals surface area contributed by atoms with E-state index in [9.17, 15) is 13.6 Å². The Balaban J connectivity index is 1.71. The van der Waals surface area contributed by atoms with Crippen molar-refractivity contribution in [3.05, 3.63) is 52.0 Å². The number of benzene rings is 1. The van der Waals surface area contributed by atoms with Crippen LogP contribution in [0.3, 0.4) is 0 Å². The number of aromatic nitrogens is 1. The van der Waals surface area contributed by atoms with Crippen LogP contribution in [0.1, 0.15) is 28.2 Å². The van der Waals surface area contributed by atoms with Gasteiger partial charge in [0.2, 0.25) is 0 Å². The lowest BCUT2D eigenvalue weighted by atomic mass is 9.94. The SMILES string of the molecule is O=C(c1cccc(F)c1F)N1CCC[C@@H](Cc2nccs2)C1. The molecule has 0 spiro atoms. The van der Waals surface area contributed by atoms with Crippen LogP contribution in [-0.4, -0.2) is 28.9 Å². The Labute approximate surface area is 131 Å². The molecule has 1 saturated heterocycles. The Hall–Kier alpha value is -1.82. The second kappa shape index (κ2) is 6.52. The first kappa shape index (κ1) is 15.1. The van der Waals surface area contributed by atoms with Crippen LogP contribution in [0.25, 0.3) is 0 Å². The number of halogens is 2. The third-order valence-electron chi connectivity index (χ3n) is 3.93. The van der Waals surface area contributed by atoms with E-state index >= 15 is 0 Å². The van der Waals surface area contributed by atoms with Crippen molar-refractivity contribution in [1.29, 1.82) is 0 Å². The van der Waals surface area contributed by atoms with Gasteiger partial charge in [0, 0.05) is 31.1 Å². The van der Waals surface area contributed by atoms with Crippen molar-refractivity contribution < 1.29 is 13.6 Å². The fourth-order valence-electron chi connectivity index (χ4n) is 2.86. The predicted octanol–water partition coefficient (Wildman–Crippen LogP) is 3.52. The van der Waals surface area contributed by atoms with Gasteiger partial charge in [-0.1, -0.05) is 6.07 Å². The van der Waals surface area contributed by atoms with Gasteiger partial charge < -0.3 is 4.90 Å². The normalized spacial score (nSPS) is 18.5. The zero-order chi connectivity index (χ0) is 15.5. The lowest BCUT2D eigenvalue weighted by Gasteiger charge is -2.32. The monoisotopic (exact) mass is 322 g/mol. The van der Waals surface area contributed by atoms with E-state index in [-0.39, 0.29) is 5.56 Å². The number of hydrogen-bond donors (Lipinski definition) is 0. The summed E-state index contributed by atoms with van der Waals surface area (Å²) >= 11 is 1.60. The number of piperidine rings is 1. The Morgan fingerprint density at radius 2 is 2.27 bits per heavy atom. The van der Waals surface area contributed by atoms with Gasteiger partial charge in [-0.15, -0.1) is 11.3 Å². The number of carbonyl (C=O) groups excluding carboxylic acids is 1. The van der Waals surface area contributed by atoms with Crippen LogP contribution < -0.4 is 0 Å². The van der Waals surface area contributed by atoms with E-state index in [1.807, 2.05) is 5.38 Å². The topological polar surface area (TPSA) is 33.2 Å². The lowest BCUT2D eigenvalue weighted by molar-refractivity contribution is 0.0667. The number of likely N-dealkylation sites (tertiary alicyclic amines) is 1. The first-order valence-corrected chi connectivity index (χ1v) is 8.15. The summed E-state index contributed by atoms with van der Waals surface area (Å²) in [5, 5.41) is 2.99. The summed E-state index contributed by atoms with van der Waals surface area (Å²) in [4.78, 5) is 18.3. The quantitative estimate of drug-likeness (QED) is 0.866. The fourth-order valence-corrected chi connectivity index (χ4v) is 3.59. The number of nitrogens with zero attached hydrogens (tertiary/aromatic N) is 2. The molecule has 116 valence electrons. The number of amides is 1. The second-order valence-corrected chi connectivity index (χ2v) is 6.47. The molecule has 1 aromatic carbocycles. The predicted molar refractivity (Wildman–Crippen MR) is 80.8 cm³/mol. The van der Waals surface area contributed by atoms with Crippen molar-refractivity contribution in [2.24, 2.45) is 5.92 Å². The van der Waals surface area contributed by atoms with Crippen LogP contribution in [0.15, 0.2) is 29.8 Å². The van der Waals surface area contributed by atoms with Crippen LogP contribution in [0.4, 0.5) is 8.78 Å². The molecule has 0 bridgehead atoms. The van der Waals surface area contributed by atoms with E-state index in [2.05, 4.69) is 4.98 Å². The minimum atomic E-state index is -1.06. The molecule has 1 aromatic heterocycles. The molecule has 1 atom stereocenters. The summed E-state index contributed by atoms with van der Waals surface area (Å²) in [5.74, 6) is -2.15. The van der Waals surface area contributed by atoms with E-state index in [0.29, 0.717) is 19.0 Å². The Bertz CT molecular complexity index is 660. The molecule has 1 fully saturated rings. The number of hydrogen-bond acceptors (Lipinski definition) is 3. The highest BCUT2D eigenvalue weighted by Crippen LogP contribution is 2.24. The molecule has 3 rings (SSSR count). The highest BCUT2D eigenvalue weighted by atomic mass is 32.1. The average Bonchev–Trinajstić information content (AvgIpc) is 3.02. The molecular weight excluding hydrogens is 306 g/mol. The summed E-state index contributed by atoms with van der Waals surface area (Å²) in [6.07, 6.45) is 4.49. The zero-order valence-electron chi connectivity index (χ0n) is 12.0. The molecule has 2 aromatic rings. The van der Waals surface area contributed by atoms with Gasteiger partial charge in [0.15, 0.2) is 11.6 Å². The molecule has 1 aliphatic heterocycles. The van der Waals surface area contributed by atoms with Gasteiger partial charge in [-0.25, -0.2) is 13.8 Å². The van der Waals surface area contributed by atoms with Crippen LogP contribution >= 0.6 is 11.3 Å². The Morgan fingerprint density at radius 3 is 3.05 bits per heavy atom. The van der Waals surface area contributed by atoms with Crippen LogP contribution in [-0.2, 0) is 6.42 Å². The zero-order valence-corrected chi connectivity index (χ0v) is 12.8. The van der Waals surface area contributed by atoms with Crippen molar-refractivity contribution in [3.8, 4) is 0 Å². The van der Waals surface area contributed by atoms with Crippen LogP contribution in [0.2, 0.25) is 0 Å². The van der Waals surface area contributed by atoms with Crippen LogP contribution in [0, 0.1) is 17.6 Å². The Morgan fingerprint density at radius 1 is 1.41 bits per heavy atom. The van der Waals surface area contributed by atoms with E-state index in [1.165, 1.54) is 12.1 Å². The Kier molecular flexibility index (Phi) is 4.47. The van der Waals surface area contributed by atoms with Crippen molar-refractivity contribution >= 4 is 17.2 Å². The molecule has 1 aliphatic rings.